The molecule has 0 amide bonds. The summed E-state index contributed by atoms with van der Waals surface area (Å²) in [6.07, 6.45) is 2.02. The van der Waals surface area contributed by atoms with E-state index in [4.69, 9.17) is 34.4 Å². The molecule has 0 unspecified atom stereocenters. The fraction of sp³-hybridized carbons (Fsp3) is 0. The van der Waals surface area contributed by atoms with Crippen LogP contribution >= 0.6 is 47.1 Å². The lowest BCUT2D eigenvalue weighted by Crippen LogP contribution is -1.97. The molecule has 3 aromatic carbocycles. The van der Waals surface area contributed by atoms with Gasteiger partial charge in [0, 0.05) is 22.3 Å². The second-order valence-corrected chi connectivity index (χ2v) is 9.81. The molecule has 1 aliphatic carbocycles. The van der Waals surface area contributed by atoms with E-state index in [0.29, 0.717) is 0 Å². The van der Waals surface area contributed by atoms with Crippen LogP contribution in [-0.2, 0) is 0 Å². The minimum atomic E-state index is 0.803. The molecule has 2 aromatic heterocycles. The van der Waals surface area contributed by atoms with Crippen molar-refractivity contribution in [3.05, 3.63) is 88.4 Å². The quantitative estimate of drug-likeness (QED) is 0.209. The van der Waals surface area contributed by atoms with Gasteiger partial charge >= 0.3 is 0 Å². The van der Waals surface area contributed by atoms with Gasteiger partial charge in [-0.25, -0.2) is 9.97 Å². The third kappa shape index (κ3) is 2.87. The van der Waals surface area contributed by atoms with Gasteiger partial charge in [-0.3, -0.25) is 0 Å². The highest BCUT2D eigenvalue weighted by Gasteiger charge is 2.27. The standard InChI is InChI=1S/C24H12N2S4/c27-20-16-10-14-8-4-5-9-15(14)11-17(16)21(28)18(20)12-19-25-23-24(29-19)26-22(30-23)13-6-2-1-3-7-13/h1-12H. The molecule has 5 aromatic rings. The van der Waals surface area contributed by atoms with Gasteiger partial charge in [0.25, 0.3) is 0 Å². The zero-order chi connectivity index (χ0) is 20.2. The number of fused-ring (bicyclic) bond motifs is 3. The minimum Gasteiger partial charge on any atom is -0.224 e. The normalized spacial score (nSPS) is 13.4. The molecule has 0 atom stereocenters. The topological polar surface area (TPSA) is 25.8 Å². The summed E-state index contributed by atoms with van der Waals surface area (Å²) in [7, 11) is 0. The Bertz CT molecular complexity index is 1440. The third-order valence-electron chi connectivity index (χ3n) is 5.15. The van der Waals surface area contributed by atoms with Crippen LogP contribution in [0.3, 0.4) is 0 Å². The van der Waals surface area contributed by atoms with Crippen molar-refractivity contribution >= 4 is 83.3 Å². The van der Waals surface area contributed by atoms with E-state index in [1.807, 2.05) is 36.4 Å². The van der Waals surface area contributed by atoms with Crippen molar-refractivity contribution in [1.82, 2.24) is 9.97 Å². The van der Waals surface area contributed by atoms with E-state index < -0.39 is 0 Å². The lowest BCUT2D eigenvalue weighted by molar-refractivity contribution is 1.48. The van der Waals surface area contributed by atoms with E-state index in [0.717, 1.165) is 51.7 Å². The zero-order valence-corrected chi connectivity index (χ0v) is 18.7. The van der Waals surface area contributed by atoms with Crippen LogP contribution in [0, 0.1) is 0 Å². The van der Waals surface area contributed by atoms with Crippen LogP contribution in [0.25, 0.3) is 37.1 Å². The number of hydrogen-bond donors (Lipinski definition) is 0. The molecule has 0 aliphatic heterocycles. The molecule has 0 fully saturated rings. The molecule has 30 heavy (non-hydrogen) atoms. The monoisotopic (exact) mass is 456 g/mol. The Morgan fingerprint density at radius 3 is 1.93 bits per heavy atom. The Morgan fingerprint density at radius 2 is 1.30 bits per heavy atom. The number of thiocarbonyl (C=S) groups is 2. The maximum atomic E-state index is 5.79. The van der Waals surface area contributed by atoms with Crippen molar-refractivity contribution in [2.24, 2.45) is 0 Å². The molecule has 6 heteroatoms. The Labute approximate surface area is 191 Å². The van der Waals surface area contributed by atoms with Gasteiger partial charge in [-0.2, -0.15) is 0 Å². The fourth-order valence-corrected chi connectivity index (χ4v) is 6.41. The van der Waals surface area contributed by atoms with Crippen LogP contribution < -0.4 is 0 Å². The maximum Gasteiger partial charge on any atom is 0.155 e. The molecular weight excluding hydrogens is 445 g/mol. The smallest absolute Gasteiger partial charge is 0.155 e. The summed E-state index contributed by atoms with van der Waals surface area (Å²) in [5.74, 6) is 0. The van der Waals surface area contributed by atoms with E-state index in [2.05, 4.69) is 36.4 Å². The van der Waals surface area contributed by atoms with Crippen molar-refractivity contribution < 1.29 is 0 Å². The number of rotatable bonds is 2. The maximum absolute atomic E-state index is 5.79. The molecule has 142 valence electrons. The molecule has 2 heterocycles. The molecular formula is C24H12N2S4. The average Bonchev–Trinajstić information content (AvgIpc) is 3.41. The minimum absolute atomic E-state index is 0.803. The summed E-state index contributed by atoms with van der Waals surface area (Å²) in [5.41, 5.74) is 4.12. The second kappa shape index (κ2) is 6.96. The molecule has 0 N–H and O–H groups in total. The fourth-order valence-electron chi connectivity index (χ4n) is 3.69. The molecule has 0 saturated carbocycles. The summed E-state index contributed by atoms with van der Waals surface area (Å²) in [6.45, 7) is 0. The van der Waals surface area contributed by atoms with Gasteiger partial charge in [0.15, 0.2) is 9.66 Å². The first-order valence-electron chi connectivity index (χ1n) is 9.34. The number of nitrogens with zero attached hydrogens (tertiary/aromatic N) is 2. The number of thiazole rings is 2. The SMILES string of the molecule is S=C1C(=Cc2nc3sc(-c4ccccc4)nc3s2)C(=S)c2cc3ccccc3cc21. The Kier molecular flexibility index (Phi) is 4.21. The summed E-state index contributed by atoms with van der Waals surface area (Å²) < 4.78 is 0. The van der Waals surface area contributed by atoms with Gasteiger partial charge < -0.3 is 0 Å². The lowest BCUT2D eigenvalue weighted by Gasteiger charge is -2.02. The molecule has 1 aliphatic rings. The first-order chi connectivity index (χ1) is 14.7. The summed E-state index contributed by atoms with van der Waals surface area (Å²) in [4.78, 5) is 13.1. The van der Waals surface area contributed by atoms with E-state index in [1.165, 1.54) is 10.8 Å². The first-order valence-corrected chi connectivity index (χ1v) is 11.8. The first kappa shape index (κ1) is 18.2. The highest BCUT2D eigenvalue weighted by Crippen LogP contribution is 2.36. The van der Waals surface area contributed by atoms with Crippen molar-refractivity contribution in [3.63, 3.8) is 0 Å². The van der Waals surface area contributed by atoms with Gasteiger partial charge in [-0.1, -0.05) is 102 Å². The van der Waals surface area contributed by atoms with Crippen LogP contribution in [0.15, 0.2) is 72.3 Å². The molecule has 0 radical (unpaired) electrons. The molecule has 0 saturated heterocycles. The molecule has 2 nitrogen and oxygen atoms in total. The Balaban J connectivity index is 1.39. The van der Waals surface area contributed by atoms with E-state index in [1.54, 1.807) is 22.7 Å². The Morgan fingerprint density at radius 1 is 0.700 bits per heavy atom. The van der Waals surface area contributed by atoms with Crippen LogP contribution in [0.4, 0.5) is 0 Å². The van der Waals surface area contributed by atoms with Gasteiger partial charge in [-0.15, -0.1) is 0 Å². The number of benzene rings is 3. The lowest BCUT2D eigenvalue weighted by atomic mass is 10.0. The summed E-state index contributed by atoms with van der Waals surface area (Å²) >= 11 is 14.8. The second-order valence-electron chi connectivity index (χ2n) is 7.01. The van der Waals surface area contributed by atoms with Gasteiger partial charge in [0.05, 0.1) is 9.73 Å². The largest absolute Gasteiger partial charge is 0.224 e. The van der Waals surface area contributed by atoms with Crippen LogP contribution in [0.2, 0.25) is 0 Å². The molecule has 0 bridgehead atoms. The van der Waals surface area contributed by atoms with Gasteiger partial charge in [0.1, 0.15) is 10.0 Å². The average molecular weight is 457 g/mol. The van der Waals surface area contributed by atoms with Crippen molar-refractivity contribution in [2.45, 2.75) is 0 Å². The number of aromatic nitrogens is 2. The van der Waals surface area contributed by atoms with Gasteiger partial charge in [-0.05, 0) is 29.0 Å². The number of hydrogen-bond acceptors (Lipinski definition) is 6. The van der Waals surface area contributed by atoms with Crippen LogP contribution in [0.1, 0.15) is 16.1 Å². The van der Waals surface area contributed by atoms with Gasteiger partial charge in [0.2, 0.25) is 0 Å². The zero-order valence-electron chi connectivity index (χ0n) is 15.5. The van der Waals surface area contributed by atoms with Crippen molar-refractivity contribution in [2.75, 3.05) is 0 Å². The van der Waals surface area contributed by atoms with Crippen molar-refractivity contribution in [1.29, 1.82) is 0 Å². The Hall–Kier alpha value is -2.64. The van der Waals surface area contributed by atoms with E-state index in [9.17, 15) is 0 Å². The van der Waals surface area contributed by atoms with Crippen LogP contribution in [0.5, 0.6) is 0 Å². The highest BCUT2D eigenvalue weighted by atomic mass is 32.1. The predicted octanol–water partition coefficient (Wildman–Crippen LogP) is 7.11. The molecule has 0 spiro atoms. The molecule has 6 rings (SSSR count). The van der Waals surface area contributed by atoms with E-state index in [-0.39, 0.29) is 0 Å². The summed E-state index contributed by atoms with van der Waals surface area (Å²) in [5, 5.41) is 4.24. The third-order valence-corrected chi connectivity index (χ3v) is 8.05. The summed E-state index contributed by atoms with van der Waals surface area (Å²) in [6, 6.07) is 22.8. The van der Waals surface area contributed by atoms with Crippen molar-refractivity contribution in [3.8, 4) is 10.6 Å². The van der Waals surface area contributed by atoms with E-state index >= 15 is 0 Å². The predicted molar refractivity (Wildman–Crippen MR) is 136 cm³/mol. The number of allylic oxidation sites excluding steroid dienone is 1. The van der Waals surface area contributed by atoms with Crippen LogP contribution in [-0.4, -0.2) is 19.7 Å². The highest BCUT2D eigenvalue weighted by molar-refractivity contribution is 7.84.